The summed E-state index contributed by atoms with van der Waals surface area (Å²) in [5.41, 5.74) is 2.90. The molecule has 0 radical (unpaired) electrons. The zero-order valence-corrected chi connectivity index (χ0v) is 9.23. The lowest BCUT2D eigenvalue weighted by Crippen LogP contribution is -1.98. The van der Waals surface area contributed by atoms with Gasteiger partial charge in [-0.3, -0.25) is 5.43 Å². The van der Waals surface area contributed by atoms with E-state index in [1.54, 1.807) is 19.1 Å². The van der Waals surface area contributed by atoms with E-state index in [9.17, 15) is 4.39 Å². The van der Waals surface area contributed by atoms with E-state index in [0.29, 0.717) is 16.7 Å². The van der Waals surface area contributed by atoms with Crippen molar-refractivity contribution in [3.8, 4) is 12.1 Å². The molecule has 2 aromatic rings. The highest BCUT2D eigenvalue weighted by molar-refractivity contribution is 6.10. The Morgan fingerprint density at radius 1 is 1.44 bits per heavy atom. The number of hydrogen-bond acceptors (Lipinski definition) is 6. The third kappa shape index (κ3) is 1.97. The molecule has 0 aliphatic rings. The maximum Gasteiger partial charge on any atom is 0.237 e. The van der Waals surface area contributed by atoms with Crippen molar-refractivity contribution < 1.29 is 8.91 Å². The van der Waals surface area contributed by atoms with E-state index in [2.05, 4.69) is 15.7 Å². The monoisotopic (exact) mass is 243 g/mol. The highest BCUT2D eigenvalue weighted by atomic mass is 19.1. The molecule has 1 heterocycles. The van der Waals surface area contributed by atoms with Crippen LogP contribution in [0.15, 0.2) is 21.8 Å². The van der Waals surface area contributed by atoms with Gasteiger partial charge in [-0.15, -0.1) is 0 Å². The Labute approximate surface area is 101 Å². The molecule has 0 atom stereocenters. The number of hydrogen-bond donors (Lipinski definition) is 1. The molecule has 1 aromatic carbocycles. The van der Waals surface area contributed by atoms with Crippen molar-refractivity contribution in [1.29, 1.82) is 10.5 Å². The van der Waals surface area contributed by atoms with Crippen molar-refractivity contribution in [3.05, 3.63) is 23.6 Å². The minimum absolute atomic E-state index is 0.0387. The summed E-state index contributed by atoms with van der Waals surface area (Å²) < 4.78 is 18.5. The number of hydrazone groups is 1. The first-order valence-corrected chi connectivity index (χ1v) is 4.85. The van der Waals surface area contributed by atoms with Gasteiger partial charge >= 0.3 is 0 Å². The topological polar surface area (TPSA) is 98.0 Å². The molecule has 0 aliphatic carbocycles. The van der Waals surface area contributed by atoms with E-state index in [-0.39, 0.29) is 5.69 Å². The molecule has 2 rings (SSSR count). The van der Waals surface area contributed by atoms with E-state index >= 15 is 0 Å². The van der Waals surface area contributed by atoms with Gasteiger partial charge in [-0.25, -0.2) is 4.39 Å². The van der Waals surface area contributed by atoms with Crippen LogP contribution in [0.25, 0.3) is 11.0 Å². The van der Waals surface area contributed by atoms with Crippen molar-refractivity contribution >= 4 is 22.4 Å². The lowest BCUT2D eigenvalue weighted by molar-refractivity contribution is 0.449. The van der Waals surface area contributed by atoms with Gasteiger partial charge in [0.05, 0.1) is 11.4 Å². The summed E-state index contributed by atoms with van der Waals surface area (Å²) >= 11 is 0. The number of nitrogens with zero attached hydrogens (tertiary/aromatic N) is 4. The van der Waals surface area contributed by atoms with Gasteiger partial charge in [-0.1, -0.05) is 5.16 Å². The number of anilines is 1. The summed E-state index contributed by atoms with van der Waals surface area (Å²) in [4.78, 5) is 0. The SMILES string of the molecule is Cc1noc2cc(F)c(NN=C(C#N)C#N)cc12. The Morgan fingerprint density at radius 3 is 2.83 bits per heavy atom. The van der Waals surface area contributed by atoms with Crippen LogP contribution >= 0.6 is 0 Å². The fourth-order valence-corrected chi connectivity index (χ4v) is 1.36. The number of nitrogens with one attached hydrogen (secondary N) is 1. The van der Waals surface area contributed by atoms with Gasteiger partial charge in [0, 0.05) is 11.5 Å². The van der Waals surface area contributed by atoms with Crippen molar-refractivity contribution in [2.45, 2.75) is 6.92 Å². The number of rotatable bonds is 2. The maximum atomic E-state index is 13.6. The first-order chi connectivity index (χ1) is 8.65. The Morgan fingerprint density at radius 2 is 2.17 bits per heavy atom. The second kappa shape index (κ2) is 4.52. The summed E-state index contributed by atoms with van der Waals surface area (Å²) in [5.74, 6) is -0.613. The van der Waals surface area contributed by atoms with Crippen molar-refractivity contribution in [3.63, 3.8) is 0 Å². The van der Waals surface area contributed by atoms with Crippen LogP contribution in [-0.2, 0) is 0 Å². The first-order valence-electron chi connectivity index (χ1n) is 4.85. The van der Waals surface area contributed by atoms with E-state index in [0.717, 1.165) is 6.07 Å². The summed E-state index contributed by atoms with van der Waals surface area (Å²) in [6, 6.07) is 5.73. The van der Waals surface area contributed by atoms with Crippen LogP contribution in [0.1, 0.15) is 5.69 Å². The molecule has 0 saturated heterocycles. The molecule has 0 bridgehead atoms. The molecule has 0 amide bonds. The van der Waals surface area contributed by atoms with Gasteiger partial charge in [-0.2, -0.15) is 15.6 Å². The van der Waals surface area contributed by atoms with Crippen LogP contribution in [0.4, 0.5) is 10.1 Å². The number of halogens is 1. The van der Waals surface area contributed by atoms with Gasteiger partial charge in [0.15, 0.2) is 11.4 Å². The van der Waals surface area contributed by atoms with Crippen LogP contribution < -0.4 is 5.43 Å². The maximum absolute atomic E-state index is 13.6. The Kier molecular flexibility index (Phi) is 2.90. The van der Waals surface area contributed by atoms with Gasteiger partial charge in [0.2, 0.25) is 5.71 Å². The van der Waals surface area contributed by atoms with Crippen molar-refractivity contribution in [1.82, 2.24) is 5.16 Å². The third-order valence-electron chi connectivity index (χ3n) is 2.24. The fraction of sp³-hybridized carbons (Fsp3) is 0.0909. The zero-order valence-electron chi connectivity index (χ0n) is 9.23. The molecule has 0 aliphatic heterocycles. The van der Waals surface area contributed by atoms with Gasteiger partial charge in [0.1, 0.15) is 12.1 Å². The quantitative estimate of drug-likeness (QED) is 0.643. The van der Waals surface area contributed by atoms with Crippen LogP contribution in [0.5, 0.6) is 0 Å². The molecule has 0 fully saturated rings. The largest absolute Gasteiger partial charge is 0.356 e. The van der Waals surface area contributed by atoms with E-state index < -0.39 is 11.5 Å². The Hall–Kier alpha value is -2.93. The second-order valence-corrected chi connectivity index (χ2v) is 3.39. The lowest BCUT2D eigenvalue weighted by atomic mass is 10.2. The van der Waals surface area contributed by atoms with Gasteiger partial charge in [-0.05, 0) is 13.0 Å². The molecule has 6 nitrogen and oxygen atoms in total. The Bertz CT molecular complexity index is 703. The highest BCUT2D eigenvalue weighted by Gasteiger charge is 2.10. The number of benzene rings is 1. The summed E-state index contributed by atoms with van der Waals surface area (Å²) in [6.45, 7) is 1.72. The predicted molar refractivity (Wildman–Crippen MR) is 61.0 cm³/mol. The van der Waals surface area contributed by atoms with Crippen LogP contribution in [0.3, 0.4) is 0 Å². The number of aromatic nitrogens is 1. The molecule has 1 N–H and O–H groups in total. The van der Waals surface area contributed by atoms with E-state index in [1.807, 2.05) is 0 Å². The van der Waals surface area contributed by atoms with Gasteiger partial charge in [0.25, 0.3) is 0 Å². The molecule has 18 heavy (non-hydrogen) atoms. The smallest absolute Gasteiger partial charge is 0.237 e. The van der Waals surface area contributed by atoms with Crippen molar-refractivity contribution in [2.24, 2.45) is 5.10 Å². The van der Waals surface area contributed by atoms with Crippen LogP contribution in [0, 0.1) is 35.4 Å². The number of nitriles is 2. The third-order valence-corrected chi connectivity index (χ3v) is 2.24. The molecule has 0 saturated carbocycles. The molecular weight excluding hydrogens is 237 g/mol. The van der Waals surface area contributed by atoms with Crippen LogP contribution in [-0.4, -0.2) is 10.9 Å². The Balaban J connectivity index is 2.43. The molecule has 88 valence electrons. The average Bonchev–Trinajstić information content (AvgIpc) is 2.72. The molecular formula is C11H6FN5O. The minimum atomic E-state index is -0.613. The summed E-state index contributed by atoms with van der Waals surface area (Å²) in [7, 11) is 0. The summed E-state index contributed by atoms with van der Waals surface area (Å²) in [5, 5.41) is 24.8. The number of aryl methyl sites for hydroxylation is 1. The normalized spacial score (nSPS) is 9.56. The zero-order chi connectivity index (χ0) is 13.1. The van der Waals surface area contributed by atoms with Gasteiger partial charge < -0.3 is 4.52 Å². The molecule has 0 spiro atoms. The van der Waals surface area contributed by atoms with Crippen LogP contribution in [0.2, 0.25) is 0 Å². The minimum Gasteiger partial charge on any atom is -0.356 e. The lowest BCUT2D eigenvalue weighted by Gasteiger charge is -2.01. The van der Waals surface area contributed by atoms with Crippen molar-refractivity contribution in [2.75, 3.05) is 5.43 Å². The standard InChI is InChI=1S/C11H6FN5O/c1-6-8-2-10(16-15-7(4-13)5-14)9(12)3-11(8)18-17-6/h2-3,16H,1H3. The molecule has 7 heteroatoms. The fourth-order valence-electron chi connectivity index (χ4n) is 1.36. The number of fused-ring (bicyclic) bond motifs is 1. The first kappa shape index (κ1) is 11.6. The highest BCUT2D eigenvalue weighted by Crippen LogP contribution is 2.25. The second-order valence-electron chi connectivity index (χ2n) is 3.39. The predicted octanol–water partition coefficient (Wildman–Crippen LogP) is 2.09. The molecule has 0 unspecified atom stereocenters. The van der Waals surface area contributed by atoms with E-state index in [4.69, 9.17) is 15.0 Å². The van der Waals surface area contributed by atoms with E-state index in [1.165, 1.54) is 6.07 Å². The average molecular weight is 243 g/mol. The summed E-state index contributed by atoms with van der Waals surface area (Å²) in [6.07, 6.45) is 0. The molecule has 1 aromatic heterocycles.